The molecule has 37 heteroatoms. The summed E-state index contributed by atoms with van der Waals surface area (Å²) in [6.45, 7) is 18.1. The second-order valence-corrected chi connectivity index (χ2v) is 36.3. The molecule has 6 aliphatic heterocycles. The molecule has 6 fully saturated rings. The number of halogens is 5. The van der Waals surface area contributed by atoms with Crippen LogP contribution in [0.5, 0.6) is 0 Å². The van der Waals surface area contributed by atoms with Crippen molar-refractivity contribution in [2.24, 2.45) is 35.3 Å². The van der Waals surface area contributed by atoms with Crippen molar-refractivity contribution in [1.29, 1.82) is 0 Å². The Hall–Kier alpha value is -13.1. The highest BCUT2D eigenvalue weighted by Gasteiger charge is 2.36. The topological polar surface area (TPSA) is 344 Å². The number of morpholine rings is 1. The van der Waals surface area contributed by atoms with E-state index in [1.54, 1.807) is 37.2 Å². The van der Waals surface area contributed by atoms with Gasteiger partial charge in [0.2, 0.25) is 11.8 Å². The third-order valence-corrected chi connectivity index (χ3v) is 26.9. The van der Waals surface area contributed by atoms with Gasteiger partial charge in [-0.2, -0.15) is 0 Å². The number of carbonyl (C=O) groups is 5. The third kappa shape index (κ3) is 22.7. The highest BCUT2D eigenvalue weighted by molar-refractivity contribution is 6.31. The minimum atomic E-state index is -0.708. The quantitative estimate of drug-likeness (QED) is 0.0633. The first-order valence-electron chi connectivity index (χ1n) is 46.7. The van der Waals surface area contributed by atoms with E-state index in [2.05, 4.69) is 85.9 Å². The minimum Gasteiger partial charge on any atom is -0.481 e. The van der Waals surface area contributed by atoms with Crippen molar-refractivity contribution < 1.29 is 43.3 Å². The number of carboxylic acids is 1. The predicted molar refractivity (Wildman–Crippen MR) is 541 cm³/mol. The number of nitrogens with two attached hydrogens (primary N) is 1. The molecule has 0 radical (unpaired) electrons. The molecule has 0 bridgehead atoms. The van der Waals surface area contributed by atoms with Gasteiger partial charge in [0.25, 0.3) is 0 Å². The lowest BCUT2D eigenvalue weighted by Crippen LogP contribution is -2.46. The van der Waals surface area contributed by atoms with E-state index in [9.17, 15) is 29.1 Å². The first-order chi connectivity index (χ1) is 66.8. The van der Waals surface area contributed by atoms with Crippen LogP contribution in [0.1, 0.15) is 83.6 Å². The number of carbonyl (C=O) groups excluding carboxylic acids is 4. The van der Waals surface area contributed by atoms with Crippen molar-refractivity contribution in [3.05, 3.63) is 239 Å². The van der Waals surface area contributed by atoms with Crippen LogP contribution < -0.4 is 35.6 Å². The lowest BCUT2D eigenvalue weighted by Gasteiger charge is -2.35. The average Bonchev–Trinajstić information content (AvgIpc) is 1.62. The summed E-state index contributed by atoms with van der Waals surface area (Å²) < 4.78 is 25.2. The number of fused-ring (bicyclic) bond motifs is 5. The van der Waals surface area contributed by atoms with Gasteiger partial charge in [0.1, 0.15) is 0 Å². The molecule has 16 heterocycles. The summed E-state index contributed by atoms with van der Waals surface area (Å²) in [6, 6.07) is 48.6. The summed E-state index contributed by atoms with van der Waals surface area (Å²) >= 11 is 24.1. The number of hydrogen-bond donors (Lipinski definition) is 3. The van der Waals surface area contributed by atoms with E-state index in [4.69, 9.17) is 91.8 Å². The van der Waals surface area contributed by atoms with Crippen LogP contribution in [0.15, 0.2) is 214 Å². The highest BCUT2D eigenvalue weighted by Crippen LogP contribution is 2.39. The Morgan fingerprint density at radius 3 is 0.884 bits per heavy atom. The Morgan fingerprint density at radius 1 is 0.370 bits per heavy atom. The molecule has 4 N–H and O–H groups in total. The van der Waals surface area contributed by atoms with Crippen LogP contribution in [0.2, 0.25) is 20.1 Å². The molecular weight excluding hydrogens is 1860 g/mol. The number of rotatable bonds is 19. The number of piperidine rings is 5. The van der Waals surface area contributed by atoms with E-state index in [0.29, 0.717) is 98.6 Å². The number of hydrogen-bond acceptors (Lipinski definition) is 24. The summed E-state index contributed by atoms with van der Waals surface area (Å²) in [7, 11) is 0. The molecule has 0 aliphatic carbocycles. The number of nitrogens with zero attached hydrogens (tertiary/aromatic N) is 21. The molecule has 5 aromatic carbocycles. The molecular formula is C101H110Cl5N23O9. The maximum atomic E-state index is 12.8. The van der Waals surface area contributed by atoms with Crippen molar-refractivity contribution in [2.45, 2.75) is 85.0 Å². The van der Waals surface area contributed by atoms with Crippen molar-refractivity contribution >= 4 is 172 Å². The summed E-state index contributed by atoms with van der Waals surface area (Å²) in [5, 5.41) is 44.5. The van der Waals surface area contributed by atoms with E-state index >= 15 is 0 Å². The first-order valence-corrected chi connectivity index (χ1v) is 48.3. The van der Waals surface area contributed by atoms with Gasteiger partial charge in [-0.3, -0.25) is 48.9 Å². The predicted octanol–water partition coefficient (Wildman–Crippen LogP) is 16.7. The number of aromatic nitrogens is 15. The van der Waals surface area contributed by atoms with Crippen molar-refractivity contribution in [2.75, 3.05) is 143 Å². The van der Waals surface area contributed by atoms with Gasteiger partial charge in [0.15, 0.2) is 29.1 Å². The zero-order valence-corrected chi connectivity index (χ0v) is 80.8. The maximum absolute atomic E-state index is 12.8. The number of pyridine rings is 5. The van der Waals surface area contributed by atoms with Crippen LogP contribution in [0.3, 0.4) is 0 Å². The van der Waals surface area contributed by atoms with Gasteiger partial charge in [-0.25, -0.2) is 23.4 Å². The van der Waals surface area contributed by atoms with Gasteiger partial charge >= 0.3 is 17.9 Å². The van der Waals surface area contributed by atoms with Crippen molar-refractivity contribution in [3.63, 3.8) is 0 Å². The largest absolute Gasteiger partial charge is 0.481 e. The Morgan fingerprint density at radius 2 is 0.623 bits per heavy atom. The zero-order chi connectivity index (χ0) is 95.0. The molecule has 0 atom stereocenters. The van der Waals surface area contributed by atoms with Crippen LogP contribution >= 0.6 is 58.8 Å². The van der Waals surface area contributed by atoms with Gasteiger partial charge in [-0.05, 0) is 225 Å². The van der Waals surface area contributed by atoms with Gasteiger partial charge in [-0.15, -0.1) is 37.9 Å². The molecule has 15 aromatic rings. The molecule has 0 spiro atoms. The summed E-state index contributed by atoms with van der Waals surface area (Å²) in [4.78, 5) is 94.7. The first kappa shape index (κ1) is 98.0. The number of nitrogens with one attached hydrogen (secondary N) is 1. The van der Waals surface area contributed by atoms with Crippen LogP contribution in [0.25, 0.3) is 83.0 Å². The fourth-order valence-corrected chi connectivity index (χ4v) is 19.0. The molecule has 10 aromatic heterocycles. The minimum absolute atomic E-state index is 0. The SMILES string of the molecule is CCOC(=O)C1CCN(c2nn(-c3ccc(C)cc3)c3cnccc23)CC1.CCOC(=O)C1CCN(c2nn(-c3ccc(Cl)cc3)c3cnccc23)CC1.Cl.NCCNC(=O)C1CCN(c2nn(-c3ccc(Cl)cc3)c3cnccc23)CC1.O=C(C1CCN(c2nn(-c3ccc(Cl)cc3)c3cnccc23)CC1)N1CCOCC1.O=C(O)C1CCN(c2nn(-c3ccc(Cl)cc3)c3cnccc23)CC1. The molecule has 32 nitrogen and oxygen atoms in total. The molecule has 6 saturated heterocycles. The third-order valence-electron chi connectivity index (χ3n) is 25.9. The lowest BCUT2D eigenvalue weighted by atomic mass is 9.95. The number of aryl methyl sites for hydroxylation is 1. The maximum Gasteiger partial charge on any atom is 0.309 e. The Kier molecular flexibility index (Phi) is 32.6. The average molecular weight is 1970 g/mol. The van der Waals surface area contributed by atoms with Gasteiger partial charge in [-0.1, -0.05) is 64.1 Å². The van der Waals surface area contributed by atoms with Crippen LogP contribution in [0, 0.1) is 36.5 Å². The van der Waals surface area contributed by atoms with E-state index in [0.717, 1.165) is 216 Å². The Balaban J connectivity index is 0.000000125. The van der Waals surface area contributed by atoms with Crippen LogP contribution in [0.4, 0.5) is 29.1 Å². The van der Waals surface area contributed by atoms with E-state index in [1.165, 1.54) is 5.56 Å². The molecule has 718 valence electrons. The summed E-state index contributed by atoms with van der Waals surface area (Å²) in [6.07, 6.45) is 25.8. The Labute approximate surface area is 824 Å². The fourth-order valence-electron chi connectivity index (χ4n) is 18.5. The molecule has 0 saturated carbocycles. The van der Waals surface area contributed by atoms with E-state index in [-0.39, 0.29) is 65.7 Å². The number of aliphatic carboxylic acids is 1. The lowest BCUT2D eigenvalue weighted by molar-refractivity contribution is -0.149. The zero-order valence-electron chi connectivity index (χ0n) is 77.0. The highest BCUT2D eigenvalue weighted by atomic mass is 35.5. The number of anilines is 5. The second-order valence-electron chi connectivity index (χ2n) is 34.5. The van der Waals surface area contributed by atoms with E-state index < -0.39 is 5.97 Å². The van der Waals surface area contributed by atoms with Gasteiger partial charge in [0, 0.05) is 181 Å². The van der Waals surface area contributed by atoms with E-state index in [1.807, 2.05) is 194 Å². The normalized spacial score (nSPS) is 15.8. The molecule has 6 aliphatic rings. The van der Waals surface area contributed by atoms with Crippen molar-refractivity contribution in [1.82, 2.24) is 84.0 Å². The van der Waals surface area contributed by atoms with Crippen LogP contribution in [-0.4, -0.2) is 232 Å². The molecule has 0 unspecified atom stereocenters. The standard InChI is InChI=1S/C22H24ClN5O2.C21H24N4O2.C20H23ClN6O.C20H21ClN4O2.C18H17ClN4O2.ClH/c23-17-1-3-18(4-2-17)28-20-15-24-8-5-19(20)21(25-28)26-9-6-16(7-10-26)22(29)27-11-13-30-14-12-27;1-3-27-21(26)16-9-12-24(13-10-16)20-18-8-11-22-14-19(18)25(23-20)17-6-4-15(2)5-7-17;21-15-1-3-16(4-2-15)27-18-13-23-9-5-17(18)19(25-27)26-11-6-14(7-12-26)20(28)24-10-8-22;1-2-27-20(26)14-8-11-24(12-9-14)19-17-7-10-22-13-18(17)25(23-19)16-5-3-15(21)4-6-16;19-13-1-3-14(4-2-13)23-16-11-20-8-5-15(16)17(21-23)22-9-6-12(7-10-22)18(24)25;/h1-5,8,15-16H,6-7,9-14H2;4-8,11,14,16H,3,9-10,12-13H2,1-2H3;1-5,9,13-14H,6-8,10-12,22H2,(H,24,28);3-7,10,13-14H,2,8-9,11-12H2,1H3;1-5,8,11-12H,6-7,9-10H2,(H,24,25);1H. The number of esters is 2. The van der Waals surface area contributed by atoms with Gasteiger partial charge < -0.3 is 59.8 Å². The van der Waals surface area contributed by atoms with Gasteiger partial charge in [0.05, 0.1) is 131 Å². The Bertz CT molecular complexity index is 6500. The number of ether oxygens (including phenoxy) is 3. The smallest absolute Gasteiger partial charge is 0.309 e. The number of benzene rings is 5. The molecule has 138 heavy (non-hydrogen) atoms. The monoisotopic (exact) mass is 1960 g/mol. The number of amides is 2. The second kappa shape index (κ2) is 45.9. The van der Waals surface area contributed by atoms with Crippen molar-refractivity contribution in [3.8, 4) is 28.4 Å². The summed E-state index contributed by atoms with van der Waals surface area (Å²) in [5.41, 5.74) is 16.2. The van der Waals surface area contributed by atoms with Crippen LogP contribution in [-0.2, 0) is 38.2 Å². The molecule has 21 rings (SSSR count). The fraction of sp³-hybridized carbons (Fsp3) is 0.356. The number of carboxylic acid groups (broad SMARTS) is 1. The molecule has 2 amide bonds. The summed E-state index contributed by atoms with van der Waals surface area (Å²) in [5.74, 6) is 3.96.